The predicted octanol–water partition coefficient (Wildman–Crippen LogP) is 1.32. The zero-order valence-electron chi connectivity index (χ0n) is 3.33. The van der Waals surface area contributed by atoms with Gasteiger partial charge in [0.2, 0.25) is 0 Å². The van der Waals surface area contributed by atoms with Gasteiger partial charge in [-0.2, -0.15) is 0 Å². The molecular weight excluding hydrogens is 255 g/mol. The van der Waals surface area contributed by atoms with E-state index in [1.165, 1.54) is 0 Å². The zero-order chi connectivity index (χ0) is 3.54. The summed E-state index contributed by atoms with van der Waals surface area (Å²) in [5.41, 5.74) is 0. The van der Waals surface area contributed by atoms with E-state index < -0.39 is 0 Å². The topological polar surface area (TPSA) is 0 Å². The van der Waals surface area contributed by atoms with Crippen molar-refractivity contribution in [3.8, 4) is 0 Å². The van der Waals surface area contributed by atoms with E-state index in [0.717, 1.165) is 0 Å². The molecule has 0 spiro atoms. The Balaban J connectivity index is 2.08. The second-order valence-corrected chi connectivity index (χ2v) is 7.29. The molecular formula is C4H8Pb. The molecule has 0 amide bonds. The third-order valence-electron chi connectivity index (χ3n) is 0.957. The summed E-state index contributed by atoms with van der Waals surface area (Å²) in [5, 5.41) is 0. The van der Waals surface area contributed by atoms with Gasteiger partial charge in [0.05, 0.1) is 0 Å². The molecule has 1 fully saturated rings. The van der Waals surface area contributed by atoms with E-state index in [1.54, 1.807) is 20.8 Å². The maximum atomic E-state index is 1.69. The average Bonchev–Trinajstić information content (AvgIpc) is 1.76. The van der Waals surface area contributed by atoms with Crippen molar-refractivity contribution in [1.29, 1.82) is 0 Å². The van der Waals surface area contributed by atoms with Crippen LogP contribution in [-0.4, -0.2) is 24.2 Å². The Kier molecular flexibility index (Phi) is 1.77. The van der Waals surface area contributed by atoms with Crippen LogP contribution in [-0.2, 0) is 0 Å². The monoisotopic (exact) mass is 264 g/mol. The Labute approximate surface area is 45.2 Å². The second-order valence-electron chi connectivity index (χ2n) is 1.46. The van der Waals surface area contributed by atoms with Crippen LogP contribution in [0.2, 0.25) is 7.96 Å². The molecule has 0 bridgehead atoms. The molecule has 1 heterocycles. The summed E-state index contributed by atoms with van der Waals surface area (Å²) >= 11 is 0.160. The standard InChI is InChI=1S/C4H8.Pb/c1-3-4-2;/h1-4H2;. The van der Waals surface area contributed by atoms with Gasteiger partial charge in [-0.25, -0.2) is 0 Å². The van der Waals surface area contributed by atoms with Crippen LogP contribution in [0.4, 0.5) is 0 Å². The summed E-state index contributed by atoms with van der Waals surface area (Å²) < 4.78 is 3.39. The molecule has 28 valence electrons. The van der Waals surface area contributed by atoms with Crippen LogP contribution in [0.5, 0.6) is 0 Å². The Bertz CT molecular complexity index is 15.2. The van der Waals surface area contributed by atoms with Gasteiger partial charge in [-0.3, -0.25) is 0 Å². The first-order valence-electron chi connectivity index (χ1n) is 2.21. The van der Waals surface area contributed by atoms with Crippen molar-refractivity contribution >= 4 is 24.2 Å². The molecule has 1 heteroatoms. The SMILES string of the molecule is C1C[CH2][Pb][CH2]1. The first-order valence-corrected chi connectivity index (χ1v) is 7.70. The van der Waals surface area contributed by atoms with Gasteiger partial charge >= 0.3 is 45.0 Å². The molecule has 1 saturated heterocycles. The second kappa shape index (κ2) is 2.16. The van der Waals surface area contributed by atoms with E-state index in [1.807, 2.05) is 0 Å². The fourth-order valence-electron chi connectivity index (χ4n) is 0.625. The van der Waals surface area contributed by atoms with E-state index in [4.69, 9.17) is 0 Å². The van der Waals surface area contributed by atoms with Crippen molar-refractivity contribution in [3.05, 3.63) is 0 Å². The Hall–Kier alpha value is 0.922. The van der Waals surface area contributed by atoms with Crippen molar-refractivity contribution < 1.29 is 0 Å². The van der Waals surface area contributed by atoms with E-state index >= 15 is 0 Å². The fourth-order valence-corrected chi connectivity index (χ4v) is 5.48. The Morgan fingerprint density at radius 1 is 1.00 bits per heavy atom. The molecule has 1 rings (SSSR count). The molecule has 0 aliphatic carbocycles. The van der Waals surface area contributed by atoms with Gasteiger partial charge in [-0.05, 0) is 0 Å². The van der Waals surface area contributed by atoms with Crippen LogP contribution in [0.3, 0.4) is 0 Å². The zero-order valence-corrected chi connectivity index (χ0v) is 7.22. The van der Waals surface area contributed by atoms with Gasteiger partial charge in [0.1, 0.15) is 0 Å². The molecule has 0 saturated carbocycles. The molecule has 0 N–H and O–H groups in total. The van der Waals surface area contributed by atoms with Crippen molar-refractivity contribution in [2.75, 3.05) is 0 Å². The summed E-state index contributed by atoms with van der Waals surface area (Å²) in [4.78, 5) is 0. The van der Waals surface area contributed by atoms with Crippen molar-refractivity contribution in [2.24, 2.45) is 0 Å². The van der Waals surface area contributed by atoms with Crippen LogP contribution >= 0.6 is 0 Å². The third-order valence-corrected chi connectivity index (χ3v) is 6.45. The molecule has 0 aromatic carbocycles. The predicted molar refractivity (Wildman–Crippen MR) is 24.6 cm³/mol. The van der Waals surface area contributed by atoms with Crippen LogP contribution in [0, 0.1) is 0 Å². The van der Waals surface area contributed by atoms with Crippen LogP contribution in [0.25, 0.3) is 0 Å². The van der Waals surface area contributed by atoms with Crippen molar-refractivity contribution in [1.82, 2.24) is 0 Å². The quantitative estimate of drug-likeness (QED) is 0.578. The van der Waals surface area contributed by atoms with E-state index in [-0.39, 0.29) is 24.2 Å². The first kappa shape index (κ1) is 4.09. The number of hydrogen-bond donors (Lipinski definition) is 0. The molecule has 2 radical (unpaired) electrons. The number of rotatable bonds is 0. The molecule has 1 aliphatic heterocycles. The van der Waals surface area contributed by atoms with Crippen LogP contribution in [0.15, 0.2) is 0 Å². The first-order chi connectivity index (χ1) is 2.50. The minimum atomic E-state index is 0.160. The molecule has 5 heavy (non-hydrogen) atoms. The molecule has 1 aliphatic rings. The minimum absolute atomic E-state index is 0.160. The molecule has 0 unspecified atom stereocenters. The molecule has 0 nitrogen and oxygen atoms in total. The molecule has 0 atom stereocenters. The van der Waals surface area contributed by atoms with Crippen molar-refractivity contribution in [3.63, 3.8) is 0 Å². The van der Waals surface area contributed by atoms with Gasteiger partial charge in [0.25, 0.3) is 0 Å². The Morgan fingerprint density at radius 3 is 1.80 bits per heavy atom. The van der Waals surface area contributed by atoms with Gasteiger partial charge in [-0.15, -0.1) is 0 Å². The van der Waals surface area contributed by atoms with E-state index in [2.05, 4.69) is 0 Å². The van der Waals surface area contributed by atoms with Crippen LogP contribution < -0.4 is 0 Å². The molecule has 0 aromatic heterocycles. The maximum absolute atomic E-state index is 1.69. The van der Waals surface area contributed by atoms with Gasteiger partial charge < -0.3 is 0 Å². The van der Waals surface area contributed by atoms with Gasteiger partial charge in [0, 0.05) is 0 Å². The average molecular weight is 263 g/mol. The van der Waals surface area contributed by atoms with Gasteiger partial charge in [0.15, 0.2) is 0 Å². The summed E-state index contributed by atoms with van der Waals surface area (Å²) in [6.07, 6.45) is 3.17. The van der Waals surface area contributed by atoms with E-state index in [9.17, 15) is 0 Å². The third kappa shape index (κ3) is 1.20. The fraction of sp³-hybridized carbons (Fsp3) is 1.00. The van der Waals surface area contributed by atoms with Gasteiger partial charge in [-0.1, -0.05) is 0 Å². The Morgan fingerprint density at radius 2 is 1.60 bits per heavy atom. The summed E-state index contributed by atoms with van der Waals surface area (Å²) in [6.45, 7) is 0. The summed E-state index contributed by atoms with van der Waals surface area (Å²) in [7, 11) is 0. The van der Waals surface area contributed by atoms with Crippen LogP contribution in [0.1, 0.15) is 12.8 Å². The summed E-state index contributed by atoms with van der Waals surface area (Å²) in [5.74, 6) is 0. The number of hydrogen-bond acceptors (Lipinski definition) is 0. The normalized spacial score (nSPS) is 24.0. The summed E-state index contributed by atoms with van der Waals surface area (Å²) in [6, 6.07) is 0. The van der Waals surface area contributed by atoms with E-state index in [0.29, 0.717) is 0 Å². The molecule has 0 aromatic rings. The van der Waals surface area contributed by atoms with Crippen molar-refractivity contribution in [2.45, 2.75) is 20.8 Å².